The molecule has 1 aromatic rings. The van der Waals surface area contributed by atoms with Gasteiger partial charge in [0.25, 0.3) is 0 Å². The van der Waals surface area contributed by atoms with Crippen molar-refractivity contribution >= 4 is 12.4 Å². The van der Waals surface area contributed by atoms with Gasteiger partial charge in [0.05, 0.1) is 0 Å². The van der Waals surface area contributed by atoms with Crippen molar-refractivity contribution in [1.29, 1.82) is 0 Å². The molecule has 5 heteroatoms. The van der Waals surface area contributed by atoms with Gasteiger partial charge in [0.1, 0.15) is 5.75 Å². The zero-order valence-electron chi connectivity index (χ0n) is 14.1. The van der Waals surface area contributed by atoms with Crippen LogP contribution in [0.5, 0.6) is 5.75 Å². The van der Waals surface area contributed by atoms with E-state index in [0.717, 1.165) is 57.7 Å². The second-order valence-corrected chi connectivity index (χ2v) is 6.45. The molecule has 0 aromatic heterocycles. The van der Waals surface area contributed by atoms with Crippen molar-refractivity contribution < 1.29 is 5.11 Å². The Kier molecular flexibility index (Phi) is 8.18. The fraction of sp³-hybridized carbons (Fsp3) is 0.647. The third-order valence-corrected chi connectivity index (χ3v) is 4.20. The number of phenolic OH excluding ortho intramolecular Hbond substituents is 1. The number of aryl methyl sites for hydroxylation is 1. The fourth-order valence-corrected chi connectivity index (χ4v) is 2.77. The Morgan fingerprint density at radius 3 is 2.45 bits per heavy atom. The Balaban J connectivity index is 0.00000242. The van der Waals surface area contributed by atoms with Gasteiger partial charge in [-0.2, -0.15) is 0 Å². The molecular weight excluding hydrogens is 298 g/mol. The van der Waals surface area contributed by atoms with Crippen molar-refractivity contribution in [2.24, 2.45) is 0 Å². The minimum atomic E-state index is 0. The Morgan fingerprint density at radius 2 is 1.82 bits per heavy atom. The summed E-state index contributed by atoms with van der Waals surface area (Å²) in [7, 11) is 6.38. The molecule has 0 spiro atoms. The quantitative estimate of drug-likeness (QED) is 0.866. The van der Waals surface area contributed by atoms with E-state index in [4.69, 9.17) is 0 Å². The van der Waals surface area contributed by atoms with Crippen molar-refractivity contribution in [2.45, 2.75) is 19.4 Å². The van der Waals surface area contributed by atoms with Crippen LogP contribution < -0.4 is 0 Å². The number of phenols is 1. The van der Waals surface area contributed by atoms with Gasteiger partial charge in [0.15, 0.2) is 0 Å². The average Bonchev–Trinajstić information content (AvgIpc) is 2.44. The van der Waals surface area contributed by atoms with E-state index in [1.54, 1.807) is 0 Å². The van der Waals surface area contributed by atoms with Crippen LogP contribution in [-0.2, 0) is 13.0 Å². The maximum atomic E-state index is 10.1. The van der Waals surface area contributed by atoms with Crippen LogP contribution in [0.1, 0.15) is 17.5 Å². The Morgan fingerprint density at radius 1 is 1.14 bits per heavy atom. The second-order valence-electron chi connectivity index (χ2n) is 6.45. The number of benzene rings is 1. The van der Waals surface area contributed by atoms with E-state index in [-0.39, 0.29) is 12.4 Å². The van der Waals surface area contributed by atoms with Crippen LogP contribution in [-0.4, -0.2) is 73.7 Å². The molecule has 1 fully saturated rings. The first kappa shape index (κ1) is 19.2. The van der Waals surface area contributed by atoms with E-state index in [0.29, 0.717) is 5.75 Å². The molecule has 0 amide bonds. The van der Waals surface area contributed by atoms with Crippen molar-refractivity contribution in [2.75, 3.05) is 53.9 Å². The third-order valence-electron chi connectivity index (χ3n) is 4.20. The van der Waals surface area contributed by atoms with Crippen LogP contribution in [0, 0.1) is 0 Å². The number of piperazine rings is 1. The highest BCUT2D eigenvalue weighted by Crippen LogP contribution is 2.21. The van der Waals surface area contributed by atoms with Gasteiger partial charge in [-0.25, -0.2) is 0 Å². The first-order valence-corrected chi connectivity index (χ1v) is 7.91. The van der Waals surface area contributed by atoms with Gasteiger partial charge < -0.3 is 14.9 Å². The number of nitrogens with zero attached hydrogens (tertiary/aromatic N) is 3. The number of rotatable bonds is 6. The smallest absolute Gasteiger partial charge is 0.120 e. The summed E-state index contributed by atoms with van der Waals surface area (Å²) < 4.78 is 0. The minimum absolute atomic E-state index is 0. The molecule has 4 nitrogen and oxygen atoms in total. The van der Waals surface area contributed by atoms with Crippen LogP contribution in [0.2, 0.25) is 0 Å². The molecule has 0 bridgehead atoms. The number of aromatic hydroxyl groups is 1. The molecule has 0 aliphatic carbocycles. The van der Waals surface area contributed by atoms with Crippen LogP contribution in [0.25, 0.3) is 0 Å². The molecule has 2 rings (SSSR count). The van der Waals surface area contributed by atoms with Gasteiger partial charge in [0.2, 0.25) is 0 Å². The van der Waals surface area contributed by atoms with Crippen molar-refractivity contribution in [3.63, 3.8) is 0 Å². The molecule has 0 atom stereocenters. The molecule has 1 N–H and O–H groups in total. The molecule has 126 valence electrons. The first-order chi connectivity index (χ1) is 10.0. The van der Waals surface area contributed by atoms with Gasteiger partial charge in [-0.1, -0.05) is 12.1 Å². The molecule has 1 aliphatic rings. The lowest BCUT2D eigenvalue weighted by molar-refractivity contribution is 0.147. The average molecular weight is 328 g/mol. The summed E-state index contributed by atoms with van der Waals surface area (Å²) in [6.07, 6.45) is 2.24. The number of hydrogen-bond acceptors (Lipinski definition) is 4. The molecule has 1 heterocycles. The van der Waals surface area contributed by atoms with Crippen LogP contribution >= 0.6 is 12.4 Å². The third kappa shape index (κ3) is 6.13. The minimum Gasteiger partial charge on any atom is -0.508 e. The van der Waals surface area contributed by atoms with Gasteiger partial charge in [-0.05, 0) is 52.2 Å². The molecule has 1 saturated heterocycles. The molecule has 1 aliphatic heterocycles. The van der Waals surface area contributed by atoms with Gasteiger partial charge in [-0.3, -0.25) is 4.90 Å². The highest BCUT2D eigenvalue weighted by Gasteiger charge is 2.15. The molecule has 1 aromatic carbocycles. The largest absolute Gasteiger partial charge is 0.508 e. The zero-order valence-corrected chi connectivity index (χ0v) is 14.9. The summed E-state index contributed by atoms with van der Waals surface area (Å²) in [5.74, 6) is 0.435. The number of likely N-dealkylation sites (N-methyl/N-ethyl adjacent to an activating group) is 1. The second kappa shape index (κ2) is 9.36. The summed E-state index contributed by atoms with van der Waals surface area (Å²) in [5.41, 5.74) is 2.40. The summed E-state index contributed by atoms with van der Waals surface area (Å²) >= 11 is 0. The monoisotopic (exact) mass is 327 g/mol. The lowest BCUT2D eigenvalue weighted by atomic mass is 10.0. The van der Waals surface area contributed by atoms with E-state index >= 15 is 0 Å². The molecule has 22 heavy (non-hydrogen) atoms. The fourth-order valence-electron chi connectivity index (χ4n) is 2.77. The van der Waals surface area contributed by atoms with Crippen LogP contribution in [0.15, 0.2) is 18.2 Å². The zero-order chi connectivity index (χ0) is 15.2. The van der Waals surface area contributed by atoms with E-state index in [2.05, 4.69) is 48.0 Å². The summed E-state index contributed by atoms with van der Waals surface area (Å²) in [6.45, 7) is 6.37. The summed E-state index contributed by atoms with van der Waals surface area (Å²) in [6, 6.07) is 6.10. The van der Waals surface area contributed by atoms with Gasteiger partial charge in [0, 0.05) is 38.3 Å². The van der Waals surface area contributed by atoms with E-state index in [1.807, 2.05) is 6.07 Å². The molecular formula is C17H30ClN3O. The number of hydrogen-bond donors (Lipinski definition) is 1. The van der Waals surface area contributed by atoms with Crippen LogP contribution in [0.4, 0.5) is 0 Å². The van der Waals surface area contributed by atoms with E-state index in [9.17, 15) is 5.11 Å². The maximum Gasteiger partial charge on any atom is 0.120 e. The topological polar surface area (TPSA) is 30.0 Å². The lowest BCUT2D eigenvalue weighted by Gasteiger charge is -2.32. The number of halogens is 1. The SMILES string of the molecule is CN(C)CCCc1ccc(O)c(CN2CCN(C)CC2)c1.Cl. The molecule has 0 unspecified atom stereocenters. The Bertz CT molecular complexity index is 446. The predicted molar refractivity (Wildman–Crippen MR) is 95.0 cm³/mol. The Labute approximate surface area is 141 Å². The first-order valence-electron chi connectivity index (χ1n) is 7.91. The van der Waals surface area contributed by atoms with E-state index < -0.39 is 0 Å². The standard InChI is InChI=1S/C17H29N3O.ClH/c1-18(2)8-4-5-15-6-7-17(21)16(13-15)14-20-11-9-19(3)10-12-20;/h6-7,13,21H,4-5,8-12,14H2,1-3H3;1H. The van der Waals surface area contributed by atoms with Gasteiger partial charge in [-0.15, -0.1) is 12.4 Å². The normalized spacial score (nSPS) is 16.7. The highest BCUT2D eigenvalue weighted by molar-refractivity contribution is 5.85. The lowest BCUT2D eigenvalue weighted by Crippen LogP contribution is -2.43. The van der Waals surface area contributed by atoms with Crippen molar-refractivity contribution in [3.8, 4) is 5.75 Å². The van der Waals surface area contributed by atoms with Gasteiger partial charge >= 0.3 is 0 Å². The highest BCUT2D eigenvalue weighted by atomic mass is 35.5. The molecule has 0 radical (unpaired) electrons. The summed E-state index contributed by atoms with van der Waals surface area (Å²) in [5, 5.41) is 10.1. The summed E-state index contributed by atoms with van der Waals surface area (Å²) in [4.78, 5) is 7.00. The molecule has 0 saturated carbocycles. The van der Waals surface area contributed by atoms with Crippen molar-refractivity contribution in [3.05, 3.63) is 29.3 Å². The predicted octanol–water partition coefficient (Wildman–Crippen LogP) is 2.06. The van der Waals surface area contributed by atoms with E-state index in [1.165, 1.54) is 5.56 Å². The Hall–Kier alpha value is -0.810. The van der Waals surface area contributed by atoms with Crippen molar-refractivity contribution in [1.82, 2.24) is 14.7 Å². The van der Waals surface area contributed by atoms with Crippen LogP contribution in [0.3, 0.4) is 0 Å². The maximum absolute atomic E-state index is 10.1.